The van der Waals surface area contributed by atoms with E-state index in [2.05, 4.69) is 30.8 Å². The van der Waals surface area contributed by atoms with Gasteiger partial charge in [-0.2, -0.15) is 5.10 Å². The van der Waals surface area contributed by atoms with E-state index in [0.717, 1.165) is 22.2 Å². The molecule has 0 fully saturated rings. The molecule has 3 aromatic rings. The van der Waals surface area contributed by atoms with Crippen LogP contribution < -0.4 is 4.72 Å². The molecule has 98 valence electrons. The predicted molar refractivity (Wildman–Crippen MR) is 78.9 cm³/mol. The fourth-order valence-corrected chi connectivity index (χ4v) is 5.05. The number of fused-ring (bicyclic) bond motifs is 1. The normalized spacial score (nSPS) is 11.8. The van der Waals surface area contributed by atoms with Crippen molar-refractivity contribution in [2.75, 3.05) is 4.72 Å². The summed E-state index contributed by atoms with van der Waals surface area (Å²) in [7, 11) is -3.62. The molecule has 3 rings (SSSR count). The van der Waals surface area contributed by atoms with Crippen LogP contribution in [0.4, 0.5) is 5.82 Å². The number of aromatic amines is 1. The highest BCUT2D eigenvalue weighted by atomic mass is 79.9. The average molecular weight is 358 g/mol. The van der Waals surface area contributed by atoms with Gasteiger partial charge in [0.25, 0.3) is 10.0 Å². The highest BCUT2D eigenvalue weighted by Crippen LogP contribution is 2.30. The first-order chi connectivity index (χ1) is 9.08. The Morgan fingerprint density at radius 2 is 2.05 bits per heavy atom. The van der Waals surface area contributed by atoms with Crippen molar-refractivity contribution in [3.63, 3.8) is 0 Å². The summed E-state index contributed by atoms with van der Waals surface area (Å²) in [5, 5.41) is 9.22. The molecule has 0 unspecified atom stereocenters. The van der Waals surface area contributed by atoms with Gasteiger partial charge < -0.3 is 0 Å². The predicted octanol–water partition coefficient (Wildman–Crippen LogP) is 3.19. The number of halogens is 1. The molecule has 2 N–H and O–H groups in total. The highest BCUT2D eigenvalue weighted by Gasteiger charge is 2.21. The van der Waals surface area contributed by atoms with Crippen molar-refractivity contribution in [3.8, 4) is 0 Å². The number of hydrogen-bond acceptors (Lipinski definition) is 4. The smallest absolute Gasteiger partial charge is 0.273 e. The summed E-state index contributed by atoms with van der Waals surface area (Å²) in [4.78, 5) is 0. The molecule has 0 aliphatic heterocycles. The molecule has 2 heterocycles. The molecule has 0 aliphatic rings. The van der Waals surface area contributed by atoms with E-state index in [0.29, 0.717) is 10.3 Å². The van der Waals surface area contributed by atoms with Crippen molar-refractivity contribution in [2.24, 2.45) is 0 Å². The summed E-state index contributed by atoms with van der Waals surface area (Å²) in [6.45, 7) is 0. The third-order valence-corrected chi connectivity index (χ3v) is 6.54. The summed E-state index contributed by atoms with van der Waals surface area (Å²) >= 11 is 4.37. The van der Waals surface area contributed by atoms with E-state index in [9.17, 15) is 8.42 Å². The van der Waals surface area contributed by atoms with Crippen LogP contribution in [0.25, 0.3) is 10.9 Å². The van der Waals surface area contributed by atoms with E-state index in [-0.39, 0.29) is 4.21 Å². The van der Waals surface area contributed by atoms with Crippen LogP contribution in [-0.2, 0) is 10.0 Å². The fourth-order valence-electron chi connectivity index (χ4n) is 1.69. The van der Waals surface area contributed by atoms with Gasteiger partial charge >= 0.3 is 0 Å². The molecular weight excluding hydrogens is 350 g/mol. The fraction of sp³-hybridized carbons (Fsp3) is 0. The minimum atomic E-state index is -3.62. The third-order valence-electron chi connectivity index (χ3n) is 2.53. The van der Waals surface area contributed by atoms with Crippen molar-refractivity contribution in [1.29, 1.82) is 0 Å². The number of aromatic nitrogens is 2. The summed E-state index contributed by atoms with van der Waals surface area (Å²) < 4.78 is 27.8. The summed E-state index contributed by atoms with van der Waals surface area (Å²) in [6.07, 6.45) is 0. The van der Waals surface area contributed by atoms with E-state index in [1.54, 1.807) is 17.5 Å². The molecule has 0 spiro atoms. The molecular formula is C11H8BrN3O2S2. The molecule has 0 atom stereocenters. The maximum absolute atomic E-state index is 12.2. The standard InChI is InChI=1S/C11H8BrN3O2S2/c12-8-5-6-18-11(8)19(16,17)15-10-7-3-1-2-4-9(7)13-14-10/h1-6H,(H2,13,14,15). The Balaban J connectivity index is 2.04. The summed E-state index contributed by atoms with van der Waals surface area (Å²) in [6, 6.07) is 9.02. The van der Waals surface area contributed by atoms with E-state index in [1.165, 1.54) is 0 Å². The number of nitrogens with zero attached hydrogens (tertiary/aromatic N) is 1. The summed E-state index contributed by atoms with van der Waals surface area (Å²) in [5.74, 6) is 0.302. The van der Waals surface area contributed by atoms with Gasteiger partial charge in [0.2, 0.25) is 0 Å². The van der Waals surface area contributed by atoms with Crippen LogP contribution in [0.15, 0.2) is 44.4 Å². The minimum Gasteiger partial charge on any atom is -0.276 e. The monoisotopic (exact) mass is 357 g/mol. The van der Waals surface area contributed by atoms with Gasteiger partial charge in [0.1, 0.15) is 0 Å². The lowest BCUT2D eigenvalue weighted by Gasteiger charge is -2.04. The SMILES string of the molecule is O=S(=O)(Nc1n[nH]c2ccccc12)c1sccc1Br. The molecule has 2 aromatic heterocycles. The Labute approximate surface area is 121 Å². The summed E-state index contributed by atoms with van der Waals surface area (Å²) in [5.41, 5.74) is 0.783. The van der Waals surface area contributed by atoms with Crippen molar-refractivity contribution >= 4 is 54.0 Å². The molecule has 0 saturated carbocycles. The van der Waals surface area contributed by atoms with Crippen LogP contribution in [0.5, 0.6) is 0 Å². The number of H-pyrrole nitrogens is 1. The Hall–Kier alpha value is -1.38. The van der Waals surface area contributed by atoms with Gasteiger partial charge in [0.15, 0.2) is 10.0 Å². The molecule has 8 heteroatoms. The molecule has 1 aromatic carbocycles. The number of benzene rings is 1. The molecule has 0 radical (unpaired) electrons. The quantitative estimate of drug-likeness (QED) is 0.755. The molecule has 0 amide bonds. The third kappa shape index (κ3) is 2.26. The second kappa shape index (κ2) is 4.62. The number of nitrogens with one attached hydrogen (secondary N) is 2. The van der Waals surface area contributed by atoms with Crippen molar-refractivity contribution in [2.45, 2.75) is 4.21 Å². The van der Waals surface area contributed by atoms with E-state index < -0.39 is 10.0 Å². The lowest BCUT2D eigenvalue weighted by Crippen LogP contribution is -2.12. The van der Waals surface area contributed by atoms with Gasteiger partial charge in [0.05, 0.1) is 5.52 Å². The van der Waals surface area contributed by atoms with Crippen molar-refractivity contribution in [1.82, 2.24) is 10.2 Å². The maximum atomic E-state index is 12.2. The molecule has 0 aliphatic carbocycles. The second-order valence-corrected chi connectivity index (χ2v) is 7.43. The lowest BCUT2D eigenvalue weighted by molar-refractivity contribution is 0.602. The van der Waals surface area contributed by atoms with Crippen LogP contribution in [0.3, 0.4) is 0 Å². The zero-order valence-electron chi connectivity index (χ0n) is 9.42. The van der Waals surface area contributed by atoms with Gasteiger partial charge in [-0.3, -0.25) is 9.82 Å². The first-order valence-corrected chi connectivity index (χ1v) is 8.42. The average Bonchev–Trinajstić information content (AvgIpc) is 2.97. The van der Waals surface area contributed by atoms with Gasteiger partial charge in [-0.05, 0) is 39.5 Å². The van der Waals surface area contributed by atoms with Crippen molar-refractivity contribution < 1.29 is 8.42 Å². The maximum Gasteiger partial charge on any atom is 0.273 e. The minimum absolute atomic E-state index is 0.236. The zero-order valence-corrected chi connectivity index (χ0v) is 12.6. The number of anilines is 1. The zero-order chi connectivity index (χ0) is 13.5. The van der Waals surface area contributed by atoms with Crippen LogP contribution in [-0.4, -0.2) is 18.6 Å². The van der Waals surface area contributed by atoms with Crippen LogP contribution >= 0.6 is 27.3 Å². The second-order valence-electron chi connectivity index (χ2n) is 3.78. The Bertz CT molecular complexity index is 838. The number of para-hydroxylation sites is 1. The Morgan fingerprint density at radius 1 is 1.26 bits per heavy atom. The Morgan fingerprint density at radius 3 is 2.79 bits per heavy atom. The topological polar surface area (TPSA) is 74.8 Å². The van der Waals surface area contributed by atoms with Gasteiger partial charge in [0, 0.05) is 9.86 Å². The van der Waals surface area contributed by atoms with Gasteiger partial charge in [-0.15, -0.1) is 11.3 Å². The van der Waals surface area contributed by atoms with Crippen LogP contribution in [0.2, 0.25) is 0 Å². The Kier molecular flexibility index (Phi) is 3.08. The first kappa shape index (κ1) is 12.6. The number of rotatable bonds is 3. The van der Waals surface area contributed by atoms with Crippen LogP contribution in [0, 0.1) is 0 Å². The van der Waals surface area contributed by atoms with Gasteiger partial charge in [-0.25, -0.2) is 8.42 Å². The molecule has 0 saturated heterocycles. The van der Waals surface area contributed by atoms with Crippen LogP contribution in [0.1, 0.15) is 0 Å². The number of sulfonamides is 1. The van der Waals surface area contributed by atoms with E-state index in [1.807, 2.05) is 18.2 Å². The van der Waals surface area contributed by atoms with E-state index >= 15 is 0 Å². The number of thiophene rings is 1. The number of hydrogen-bond donors (Lipinski definition) is 2. The van der Waals surface area contributed by atoms with E-state index in [4.69, 9.17) is 0 Å². The van der Waals surface area contributed by atoms with Crippen molar-refractivity contribution in [3.05, 3.63) is 40.2 Å². The van der Waals surface area contributed by atoms with Gasteiger partial charge in [-0.1, -0.05) is 12.1 Å². The molecule has 19 heavy (non-hydrogen) atoms. The largest absolute Gasteiger partial charge is 0.276 e. The highest BCUT2D eigenvalue weighted by molar-refractivity contribution is 9.10. The molecule has 5 nitrogen and oxygen atoms in total. The lowest BCUT2D eigenvalue weighted by atomic mass is 10.2. The molecule has 0 bridgehead atoms. The first-order valence-electron chi connectivity index (χ1n) is 5.27.